The Hall–Kier alpha value is -1.62. The SMILES string of the molecule is C=C(I)C(=O)Oc1cccc2c1Cc1ccccc1-2. The molecule has 2 aromatic carbocycles. The summed E-state index contributed by atoms with van der Waals surface area (Å²) >= 11 is 1.87. The minimum atomic E-state index is -0.384. The molecule has 1 aliphatic rings. The second-order valence-electron chi connectivity index (χ2n) is 4.41. The van der Waals surface area contributed by atoms with E-state index < -0.39 is 0 Å². The van der Waals surface area contributed by atoms with Crippen LogP contribution in [-0.4, -0.2) is 5.97 Å². The van der Waals surface area contributed by atoms with E-state index in [4.69, 9.17) is 4.74 Å². The number of halogens is 1. The third kappa shape index (κ3) is 2.18. The van der Waals surface area contributed by atoms with Gasteiger partial charge in [0.05, 0.1) is 3.58 Å². The van der Waals surface area contributed by atoms with Gasteiger partial charge in [-0.25, -0.2) is 4.79 Å². The highest BCUT2D eigenvalue weighted by atomic mass is 127. The Kier molecular flexibility index (Phi) is 3.14. The van der Waals surface area contributed by atoms with Crippen molar-refractivity contribution < 1.29 is 9.53 Å². The van der Waals surface area contributed by atoms with Crippen LogP contribution in [0.3, 0.4) is 0 Å². The zero-order valence-corrected chi connectivity index (χ0v) is 12.3. The van der Waals surface area contributed by atoms with E-state index in [1.807, 2.05) is 46.9 Å². The van der Waals surface area contributed by atoms with Gasteiger partial charge in [0.2, 0.25) is 0 Å². The van der Waals surface area contributed by atoms with Gasteiger partial charge in [0, 0.05) is 12.0 Å². The number of carbonyl (C=O) groups excluding carboxylic acids is 1. The molecule has 0 spiro atoms. The first-order chi connectivity index (χ1) is 9.16. The van der Waals surface area contributed by atoms with Crippen LogP contribution in [0.25, 0.3) is 11.1 Å². The van der Waals surface area contributed by atoms with Crippen molar-refractivity contribution in [1.82, 2.24) is 0 Å². The Balaban J connectivity index is 2.04. The van der Waals surface area contributed by atoms with Gasteiger partial charge in [-0.3, -0.25) is 0 Å². The molecule has 3 rings (SSSR count). The molecule has 0 fully saturated rings. The third-order valence-electron chi connectivity index (χ3n) is 3.23. The molecule has 19 heavy (non-hydrogen) atoms. The lowest BCUT2D eigenvalue weighted by atomic mass is 10.1. The molecule has 0 heterocycles. The summed E-state index contributed by atoms with van der Waals surface area (Å²) in [5.41, 5.74) is 4.73. The zero-order valence-electron chi connectivity index (χ0n) is 10.2. The van der Waals surface area contributed by atoms with Crippen molar-refractivity contribution in [2.75, 3.05) is 0 Å². The number of carbonyl (C=O) groups is 1. The van der Waals surface area contributed by atoms with Crippen molar-refractivity contribution in [2.45, 2.75) is 6.42 Å². The number of benzene rings is 2. The van der Waals surface area contributed by atoms with E-state index in [-0.39, 0.29) is 5.97 Å². The number of fused-ring (bicyclic) bond motifs is 3. The number of ether oxygens (including phenoxy) is 1. The first kappa shape index (κ1) is 12.4. The van der Waals surface area contributed by atoms with Gasteiger partial charge in [0.25, 0.3) is 0 Å². The lowest BCUT2D eigenvalue weighted by Crippen LogP contribution is -2.08. The molecule has 2 aromatic rings. The van der Waals surface area contributed by atoms with Crippen LogP contribution < -0.4 is 4.74 Å². The van der Waals surface area contributed by atoms with Crippen LogP contribution in [0, 0.1) is 0 Å². The minimum absolute atomic E-state index is 0.380. The zero-order chi connectivity index (χ0) is 13.4. The highest BCUT2D eigenvalue weighted by Crippen LogP contribution is 2.41. The summed E-state index contributed by atoms with van der Waals surface area (Å²) in [6.45, 7) is 3.60. The molecule has 0 aromatic heterocycles. The van der Waals surface area contributed by atoms with Crippen molar-refractivity contribution in [3.63, 3.8) is 0 Å². The third-order valence-corrected chi connectivity index (χ3v) is 3.67. The normalized spacial score (nSPS) is 11.6. The predicted octanol–water partition coefficient (Wildman–Crippen LogP) is 4.11. The van der Waals surface area contributed by atoms with Gasteiger partial charge in [0.1, 0.15) is 5.75 Å². The van der Waals surface area contributed by atoms with Crippen LogP contribution >= 0.6 is 22.6 Å². The first-order valence-electron chi connectivity index (χ1n) is 5.93. The second kappa shape index (κ2) is 4.81. The molecule has 0 aliphatic heterocycles. The number of rotatable bonds is 2. The van der Waals surface area contributed by atoms with Gasteiger partial charge >= 0.3 is 5.97 Å². The Morgan fingerprint density at radius 2 is 1.84 bits per heavy atom. The lowest BCUT2D eigenvalue weighted by molar-refractivity contribution is -0.129. The summed E-state index contributed by atoms with van der Waals surface area (Å²) in [4.78, 5) is 11.7. The monoisotopic (exact) mass is 362 g/mol. The van der Waals surface area contributed by atoms with Crippen LogP contribution in [0.1, 0.15) is 11.1 Å². The average Bonchev–Trinajstić information content (AvgIpc) is 2.78. The van der Waals surface area contributed by atoms with Gasteiger partial charge < -0.3 is 4.74 Å². The number of hydrogen-bond acceptors (Lipinski definition) is 2. The summed E-state index contributed by atoms with van der Waals surface area (Å²) in [6, 6.07) is 14.1. The molecule has 0 saturated heterocycles. The highest BCUT2D eigenvalue weighted by Gasteiger charge is 2.22. The molecule has 0 unspecified atom stereocenters. The fourth-order valence-electron chi connectivity index (χ4n) is 2.38. The maximum atomic E-state index is 11.7. The van der Waals surface area contributed by atoms with Crippen LogP contribution in [0.15, 0.2) is 52.6 Å². The van der Waals surface area contributed by atoms with Crippen LogP contribution in [-0.2, 0) is 11.2 Å². The summed E-state index contributed by atoms with van der Waals surface area (Å²) in [7, 11) is 0. The maximum absolute atomic E-state index is 11.7. The van der Waals surface area contributed by atoms with Gasteiger partial charge in [-0.05, 0) is 45.3 Å². The predicted molar refractivity (Wildman–Crippen MR) is 83.5 cm³/mol. The lowest BCUT2D eigenvalue weighted by Gasteiger charge is -2.08. The van der Waals surface area contributed by atoms with E-state index in [9.17, 15) is 4.79 Å². The van der Waals surface area contributed by atoms with Crippen molar-refractivity contribution >= 4 is 28.6 Å². The Labute approximate surface area is 125 Å². The topological polar surface area (TPSA) is 26.3 Å². The van der Waals surface area contributed by atoms with Crippen molar-refractivity contribution in [3.8, 4) is 16.9 Å². The summed E-state index contributed by atoms with van der Waals surface area (Å²) in [5, 5.41) is 0. The number of esters is 1. The first-order valence-corrected chi connectivity index (χ1v) is 7.01. The quantitative estimate of drug-likeness (QED) is 0.297. The molecular weight excluding hydrogens is 351 g/mol. The molecule has 94 valence electrons. The molecule has 0 saturated carbocycles. The Morgan fingerprint density at radius 3 is 2.63 bits per heavy atom. The molecular formula is C16H11IO2. The van der Waals surface area contributed by atoms with E-state index >= 15 is 0 Å². The fraction of sp³-hybridized carbons (Fsp3) is 0.0625. The maximum Gasteiger partial charge on any atom is 0.349 e. The second-order valence-corrected chi connectivity index (χ2v) is 5.71. The van der Waals surface area contributed by atoms with Gasteiger partial charge in [-0.15, -0.1) is 0 Å². The molecule has 2 nitrogen and oxygen atoms in total. The summed E-state index contributed by atoms with van der Waals surface area (Å²) < 4.78 is 5.78. The standard InChI is InChI=1S/C16H11IO2/c1-10(17)16(18)19-15-8-4-7-13-12-6-3-2-5-11(12)9-14(13)15/h2-8H,1,9H2. The highest BCUT2D eigenvalue weighted by molar-refractivity contribution is 14.1. The largest absolute Gasteiger partial charge is 0.422 e. The summed E-state index contributed by atoms with van der Waals surface area (Å²) in [6.07, 6.45) is 0.808. The molecule has 3 heteroatoms. The van der Waals surface area contributed by atoms with E-state index in [1.165, 1.54) is 11.1 Å². The molecule has 1 aliphatic carbocycles. The van der Waals surface area contributed by atoms with Crippen LogP contribution in [0.5, 0.6) is 5.75 Å². The molecule has 0 amide bonds. The van der Waals surface area contributed by atoms with Gasteiger partial charge in [-0.2, -0.15) is 0 Å². The summed E-state index contributed by atoms with van der Waals surface area (Å²) in [5.74, 6) is 0.251. The molecule has 0 N–H and O–H groups in total. The Morgan fingerprint density at radius 1 is 1.11 bits per heavy atom. The van der Waals surface area contributed by atoms with E-state index in [0.717, 1.165) is 17.5 Å². The number of hydrogen-bond donors (Lipinski definition) is 0. The van der Waals surface area contributed by atoms with E-state index in [0.29, 0.717) is 9.33 Å². The smallest absolute Gasteiger partial charge is 0.349 e. The van der Waals surface area contributed by atoms with Gasteiger partial charge in [0.15, 0.2) is 0 Å². The fourth-order valence-corrected chi connectivity index (χ4v) is 2.49. The van der Waals surface area contributed by atoms with Crippen molar-refractivity contribution in [3.05, 3.63) is 63.8 Å². The average molecular weight is 362 g/mol. The van der Waals surface area contributed by atoms with E-state index in [1.54, 1.807) is 0 Å². The van der Waals surface area contributed by atoms with Crippen LogP contribution in [0.2, 0.25) is 0 Å². The Bertz CT molecular complexity index is 689. The minimum Gasteiger partial charge on any atom is -0.422 e. The van der Waals surface area contributed by atoms with Crippen LogP contribution in [0.4, 0.5) is 0 Å². The van der Waals surface area contributed by atoms with Gasteiger partial charge in [-0.1, -0.05) is 43.0 Å². The van der Waals surface area contributed by atoms with E-state index in [2.05, 4.69) is 24.8 Å². The molecule has 0 atom stereocenters. The molecule has 0 bridgehead atoms. The molecule has 0 radical (unpaired) electrons. The van der Waals surface area contributed by atoms with Crippen molar-refractivity contribution in [1.29, 1.82) is 0 Å². The van der Waals surface area contributed by atoms with Crippen molar-refractivity contribution in [2.24, 2.45) is 0 Å².